The molecule has 2 aromatic rings. The predicted molar refractivity (Wildman–Crippen MR) is 119 cm³/mol. The molecule has 33 heavy (non-hydrogen) atoms. The first-order chi connectivity index (χ1) is 15.4. The lowest BCUT2D eigenvalue weighted by molar-refractivity contribution is -0.119. The first-order valence-corrected chi connectivity index (χ1v) is 10.3. The maximum atomic E-state index is 13.4. The van der Waals surface area contributed by atoms with Gasteiger partial charge in [0.15, 0.2) is 23.3 Å². The van der Waals surface area contributed by atoms with Gasteiger partial charge >= 0.3 is 0 Å². The number of amides is 1. The summed E-state index contributed by atoms with van der Waals surface area (Å²) in [6, 6.07) is 0.953. The molecule has 2 aliphatic rings. The third-order valence-electron chi connectivity index (χ3n) is 5.83. The van der Waals surface area contributed by atoms with E-state index >= 15 is 0 Å². The molecule has 1 aliphatic heterocycles. The molecule has 0 spiro atoms. The van der Waals surface area contributed by atoms with Crippen LogP contribution in [-0.2, 0) is 4.79 Å². The number of nitrogens with zero attached hydrogens (tertiary/aromatic N) is 4. The van der Waals surface area contributed by atoms with E-state index in [4.69, 9.17) is 28.3 Å². The molecule has 1 saturated carbocycles. The summed E-state index contributed by atoms with van der Waals surface area (Å²) >= 11 is 0. The maximum Gasteiger partial charge on any atom is 0.247 e. The highest BCUT2D eigenvalue weighted by Crippen LogP contribution is 2.39. The van der Waals surface area contributed by atoms with Gasteiger partial charge in [-0.3, -0.25) is 4.79 Å². The third kappa shape index (κ3) is 4.25. The van der Waals surface area contributed by atoms with Crippen LogP contribution < -0.4 is 19.9 Å². The Bertz CT molecular complexity index is 1090. The molecule has 4 rings (SSSR count). The summed E-state index contributed by atoms with van der Waals surface area (Å²) in [5, 5.41) is 1.25. The number of ether oxygens (including phenoxy) is 1. The topological polar surface area (TPSA) is 70.6 Å². The Labute approximate surface area is 193 Å². The van der Waals surface area contributed by atoms with E-state index in [1.807, 2.05) is 0 Å². The number of carbonyl (C=O) groups excluding carboxylic acids is 1. The van der Waals surface area contributed by atoms with E-state index in [1.54, 1.807) is 25.8 Å². The van der Waals surface area contributed by atoms with E-state index in [0.29, 0.717) is 36.0 Å². The van der Waals surface area contributed by atoms with Crippen LogP contribution in [0.4, 0.5) is 30.6 Å². The lowest BCUT2D eigenvalue weighted by Gasteiger charge is -2.46. The molecule has 6 radical (unpaired) electrons. The van der Waals surface area contributed by atoms with Crippen LogP contribution in [0.2, 0.25) is 0 Å². The molecule has 1 aromatic carbocycles. The number of anilines is 3. The van der Waals surface area contributed by atoms with E-state index < -0.39 is 28.7 Å². The number of aromatic nitrogens is 2. The van der Waals surface area contributed by atoms with E-state index in [9.17, 15) is 18.0 Å². The van der Waals surface area contributed by atoms with Crippen molar-refractivity contribution in [3.8, 4) is 5.75 Å². The van der Waals surface area contributed by atoms with Crippen LogP contribution >= 0.6 is 0 Å². The molecule has 0 saturated heterocycles. The molecule has 1 fully saturated rings. The number of aryl methyl sites for hydroxylation is 1. The molecule has 1 aromatic heterocycles. The van der Waals surface area contributed by atoms with E-state index in [-0.39, 0.29) is 23.8 Å². The van der Waals surface area contributed by atoms with Gasteiger partial charge < -0.3 is 19.9 Å². The molecule has 0 unspecified atom stereocenters. The molecule has 1 aliphatic carbocycles. The highest BCUT2D eigenvalue weighted by Gasteiger charge is 2.41. The van der Waals surface area contributed by atoms with E-state index in [0.717, 1.165) is 17.0 Å². The first kappa shape index (κ1) is 23.3. The Kier molecular flexibility index (Phi) is 5.78. The average Bonchev–Trinajstić information content (AvgIpc) is 2.68. The standard InChI is InChI=1S/C20H19B3F3N5O2/c1-8-16-17(30(3)9(2)18(32)31(16)20(21,22)23)29-19(27-8)28-10-4-11(5-10)33-12-6-13(24)15(26)14(25)7-12/h6-7,9-11H,4-5H2,1-3H3,(H,27,28,29)/t9-,10?,11?/m0/s1. The summed E-state index contributed by atoms with van der Waals surface area (Å²) in [5.41, 5.74) is 0.776. The van der Waals surface area contributed by atoms with Crippen molar-refractivity contribution in [3.63, 3.8) is 0 Å². The van der Waals surface area contributed by atoms with Gasteiger partial charge in [0.25, 0.3) is 0 Å². The number of benzene rings is 1. The fourth-order valence-corrected chi connectivity index (χ4v) is 3.91. The molecule has 0 bridgehead atoms. The average molecular weight is 451 g/mol. The monoisotopic (exact) mass is 451 g/mol. The zero-order chi connectivity index (χ0) is 24.2. The Morgan fingerprint density at radius 1 is 1.15 bits per heavy atom. The lowest BCUT2D eigenvalue weighted by atomic mass is 9.48. The molecule has 1 atom stereocenters. The molecule has 2 heterocycles. The van der Waals surface area contributed by atoms with E-state index in [2.05, 4.69) is 15.3 Å². The fraction of sp³-hybridized carbons (Fsp3) is 0.450. The minimum absolute atomic E-state index is 0.0655. The van der Waals surface area contributed by atoms with Crippen LogP contribution in [0.3, 0.4) is 0 Å². The number of halogens is 3. The van der Waals surface area contributed by atoms with Crippen molar-refractivity contribution in [1.29, 1.82) is 0 Å². The second-order valence-corrected chi connectivity index (χ2v) is 8.41. The smallest absolute Gasteiger partial charge is 0.247 e. The number of fused-ring (bicyclic) bond motifs is 1. The van der Waals surface area contributed by atoms with E-state index in [1.165, 1.54) is 0 Å². The quantitative estimate of drug-likeness (QED) is 0.550. The van der Waals surface area contributed by atoms with Gasteiger partial charge in [0.05, 0.1) is 29.2 Å². The molecular formula is C20H19B3F3N5O2. The van der Waals surface area contributed by atoms with Gasteiger partial charge in [-0.15, -0.1) is 0 Å². The summed E-state index contributed by atoms with van der Waals surface area (Å²) in [6.07, 6.45) is 0.705. The van der Waals surface area contributed by atoms with Crippen molar-refractivity contribution < 1.29 is 22.7 Å². The highest BCUT2D eigenvalue weighted by molar-refractivity contribution is 6.62. The Morgan fingerprint density at radius 3 is 2.33 bits per heavy atom. The number of hydrogen-bond acceptors (Lipinski definition) is 6. The van der Waals surface area contributed by atoms with Crippen LogP contribution in [0.25, 0.3) is 0 Å². The minimum Gasteiger partial charge on any atom is -0.490 e. The second kappa shape index (κ2) is 8.18. The molecular weight excluding hydrogens is 432 g/mol. The van der Waals surface area contributed by atoms with Crippen LogP contribution in [0.1, 0.15) is 25.5 Å². The summed E-state index contributed by atoms with van der Waals surface area (Å²) in [5.74, 6) is -3.85. The van der Waals surface area contributed by atoms with Gasteiger partial charge in [-0.25, -0.2) is 18.2 Å². The number of nitrogens with one attached hydrogen (secondary N) is 1. The Balaban J connectivity index is 1.48. The van der Waals surface area contributed by atoms with Crippen LogP contribution in [0.15, 0.2) is 12.1 Å². The Morgan fingerprint density at radius 2 is 1.76 bits per heavy atom. The number of carbonyl (C=O) groups is 1. The van der Waals surface area contributed by atoms with Crippen molar-refractivity contribution in [2.24, 2.45) is 0 Å². The van der Waals surface area contributed by atoms with Gasteiger partial charge in [0.1, 0.15) is 23.6 Å². The van der Waals surface area contributed by atoms with Gasteiger partial charge in [0.2, 0.25) is 11.9 Å². The van der Waals surface area contributed by atoms with Gasteiger partial charge in [-0.2, -0.15) is 4.98 Å². The SMILES string of the molecule is [B]C([B])([B])N1C(=O)[C@H](C)N(C)c2nc(NC3CC(Oc4cc(F)c(F)c(F)c4)C3)nc(C)c21. The summed E-state index contributed by atoms with van der Waals surface area (Å²) in [6.45, 7) is 3.37. The fourth-order valence-electron chi connectivity index (χ4n) is 3.91. The van der Waals surface area contributed by atoms with Gasteiger partial charge in [-0.05, 0) is 13.8 Å². The van der Waals surface area contributed by atoms with Crippen LogP contribution in [0, 0.1) is 24.4 Å². The highest BCUT2D eigenvalue weighted by atomic mass is 19.2. The van der Waals surface area contributed by atoms with Gasteiger partial charge in [0, 0.05) is 38.1 Å². The number of hydrogen-bond donors (Lipinski definition) is 1. The molecule has 166 valence electrons. The second-order valence-electron chi connectivity index (χ2n) is 8.41. The van der Waals surface area contributed by atoms with Crippen LogP contribution in [-0.4, -0.2) is 69.9 Å². The summed E-state index contributed by atoms with van der Waals surface area (Å²) in [4.78, 5) is 24.5. The summed E-state index contributed by atoms with van der Waals surface area (Å²) < 4.78 is 45.3. The normalized spacial score (nSPS) is 22.6. The molecule has 13 heteroatoms. The third-order valence-corrected chi connectivity index (χ3v) is 5.83. The van der Waals surface area contributed by atoms with Gasteiger partial charge in [-0.1, -0.05) is 5.24 Å². The lowest BCUT2D eigenvalue weighted by Crippen LogP contribution is -2.62. The van der Waals surface area contributed by atoms with Crippen LogP contribution in [0.5, 0.6) is 5.75 Å². The first-order valence-electron chi connectivity index (χ1n) is 10.3. The minimum atomic E-state index is -1.93. The number of likely N-dealkylation sites (N-methyl/N-ethyl adjacent to an activating group) is 1. The van der Waals surface area contributed by atoms with Crippen molar-refractivity contribution >= 4 is 46.9 Å². The number of rotatable bonds is 5. The van der Waals surface area contributed by atoms with Crippen molar-refractivity contribution in [2.75, 3.05) is 22.2 Å². The van der Waals surface area contributed by atoms with Crippen molar-refractivity contribution in [1.82, 2.24) is 9.97 Å². The zero-order valence-corrected chi connectivity index (χ0v) is 18.3. The largest absolute Gasteiger partial charge is 0.490 e. The molecule has 1 amide bonds. The predicted octanol–water partition coefficient (Wildman–Crippen LogP) is 1.51. The Hall–Kier alpha value is -2.85. The molecule has 1 N–H and O–H groups in total. The van der Waals surface area contributed by atoms with Crippen molar-refractivity contribution in [3.05, 3.63) is 35.3 Å². The molecule has 7 nitrogen and oxygen atoms in total. The summed E-state index contributed by atoms with van der Waals surface area (Å²) in [7, 11) is 19.2. The zero-order valence-electron chi connectivity index (χ0n) is 18.3. The van der Waals surface area contributed by atoms with Crippen molar-refractivity contribution in [2.45, 2.75) is 50.1 Å². The maximum absolute atomic E-state index is 13.4.